The molecule has 1 saturated carbocycles. The Labute approximate surface area is 90.1 Å². The molecule has 1 unspecified atom stereocenters. The lowest BCUT2D eigenvalue weighted by Gasteiger charge is -2.25. The Bertz CT molecular complexity index is 310. The van der Waals surface area contributed by atoms with Crippen molar-refractivity contribution in [1.29, 1.82) is 0 Å². The fraction of sp³-hybridized carbons (Fsp3) is 0.667. The summed E-state index contributed by atoms with van der Waals surface area (Å²) < 4.78 is 0.814. The van der Waals surface area contributed by atoms with Crippen molar-refractivity contribution in [3.8, 4) is 0 Å². The first-order valence-electron chi connectivity index (χ1n) is 4.50. The normalized spacial score (nSPS) is 21.5. The molecule has 1 fully saturated rings. The van der Waals surface area contributed by atoms with Gasteiger partial charge >= 0.3 is 0 Å². The molecular weight excluding hydrogens is 250 g/mol. The van der Waals surface area contributed by atoms with Gasteiger partial charge in [0.25, 0.3) is 0 Å². The number of hydrogen-bond acceptors (Lipinski definition) is 3. The molecule has 1 aliphatic carbocycles. The molecule has 0 aliphatic heterocycles. The minimum Gasteiger partial charge on any atom is -0.384 e. The zero-order valence-corrected chi connectivity index (χ0v) is 9.86. The molecule has 72 valence electrons. The van der Waals surface area contributed by atoms with Crippen molar-refractivity contribution in [2.75, 3.05) is 0 Å². The van der Waals surface area contributed by atoms with Gasteiger partial charge < -0.3 is 5.11 Å². The smallest absolute Gasteiger partial charge is 0.123 e. The molecule has 1 aliphatic rings. The fourth-order valence-corrected chi connectivity index (χ4v) is 3.50. The first kappa shape index (κ1) is 9.62. The lowest BCUT2D eigenvalue weighted by molar-refractivity contribution is 0.0117. The highest BCUT2D eigenvalue weighted by Crippen LogP contribution is 2.50. The highest BCUT2D eigenvalue weighted by Gasteiger charge is 2.45. The molecule has 2 nitrogen and oxygen atoms in total. The summed E-state index contributed by atoms with van der Waals surface area (Å²) in [4.78, 5) is 5.11. The average Bonchev–Trinajstić information content (AvgIpc) is 2.89. The van der Waals surface area contributed by atoms with E-state index in [0.29, 0.717) is 5.92 Å². The van der Waals surface area contributed by atoms with Crippen LogP contribution < -0.4 is 0 Å². The maximum Gasteiger partial charge on any atom is 0.123 e. The van der Waals surface area contributed by atoms with Crippen LogP contribution in [0, 0.1) is 5.92 Å². The topological polar surface area (TPSA) is 33.1 Å². The van der Waals surface area contributed by atoms with Crippen molar-refractivity contribution in [3.05, 3.63) is 15.0 Å². The van der Waals surface area contributed by atoms with Crippen LogP contribution in [0.4, 0.5) is 0 Å². The summed E-state index contributed by atoms with van der Waals surface area (Å²) in [6, 6.07) is 0. The van der Waals surface area contributed by atoms with Crippen LogP contribution >= 0.6 is 27.3 Å². The summed E-state index contributed by atoms with van der Waals surface area (Å²) in [7, 11) is 0. The van der Waals surface area contributed by atoms with Gasteiger partial charge in [0.05, 0.1) is 10.4 Å². The molecule has 0 aromatic carbocycles. The molecular formula is C9H12BrNOS. The van der Waals surface area contributed by atoms with E-state index in [9.17, 15) is 5.11 Å². The van der Waals surface area contributed by atoms with Crippen LogP contribution in [0.25, 0.3) is 0 Å². The summed E-state index contributed by atoms with van der Waals surface area (Å²) in [6.07, 6.45) is 3.07. The highest BCUT2D eigenvalue weighted by molar-refractivity contribution is 9.10. The van der Waals surface area contributed by atoms with Crippen molar-refractivity contribution < 1.29 is 5.11 Å². The Kier molecular flexibility index (Phi) is 2.47. The lowest BCUT2D eigenvalue weighted by atomic mass is 9.93. The number of rotatable bonds is 3. The van der Waals surface area contributed by atoms with Crippen LogP contribution in [0.1, 0.15) is 31.1 Å². The van der Waals surface area contributed by atoms with Gasteiger partial charge in [-0.3, -0.25) is 0 Å². The highest BCUT2D eigenvalue weighted by atomic mass is 79.9. The van der Waals surface area contributed by atoms with E-state index >= 15 is 0 Å². The van der Waals surface area contributed by atoms with E-state index in [4.69, 9.17) is 0 Å². The minimum absolute atomic E-state index is 0.453. The molecule has 1 atom stereocenters. The second kappa shape index (κ2) is 3.33. The average molecular weight is 262 g/mol. The van der Waals surface area contributed by atoms with Crippen molar-refractivity contribution in [2.45, 2.75) is 31.8 Å². The maximum absolute atomic E-state index is 10.4. The van der Waals surface area contributed by atoms with E-state index in [-0.39, 0.29) is 0 Å². The number of thiazole rings is 1. The van der Waals surface area contributed by atoms with E-state index in [0.717, 1.165) is 28.7 Å². The van der Waals surface area contributed by atoms with Gasteiger partial charge in [-0.25, -0.2) is 4.98 Å². The first-order valence-corrected chi connectivity index (χ1v) is 6.17. The summed E-state index contributed by atoms with van der Waals surface area (Å²) >= 11 is 4.92. The molecule has 0 bridgehead atoms. The molecule has 0 radical (unpaired) electrons. The molecule has 1 aromatic heterocycles. The van der Waals surface area contributed by atoms with E-state index in [1.807, 2.05) is 6.92 Å². The Hall–Kier alpha value is 0.0700. The van der Waals surface area contributed by atoms with Crippen LogP contribution in [-0.4, -0.2) is 10.1 Å². The Morgan fingerprint density at radius 1 is 1.77 bits per heavy atom. The molecule has 1 aromatic rings. The molecule has 1 N–H and O–H groups in total. The zero-order chi connectivity index (χ0) is 9.47. The molecule has 0 spiro atoms. The van der Waals surface area contributed by atoms with E-state index in [1.165, 1.54) is 0 Å². The molecule has 2 rings (SSSR count). The minimum atomic E-state index is -0.625. The monoisotopic (exact) mass is 261 g/mol. The second-order valence-corrected chi connectivity index (χ2v) is 5.13. The number of aliphatic hydroxyl groups is 1. The largest absolute Gasteiger partial charge is 0.384 e. The summed E-state index contributed by atoms with van der Waals surface area (Å²) in [5.41, 5.74) is 1.16. The van der Waals surface area contributed by atoms with Crippen molar-refractivity contribution in [2.24, 2.45) is 5.92 Å². The maximum atomic E-state index is 10.4. The van der Waals surface area contributed by atoms with Gasteiger partial charge in [-0.2, -0.15) is 0 Å². The molecule has 0 amide bonds. The Morgan fingerprint density at radius 3 is 2.85 bits per heavy atom. The standard InChI is InChI=1S/C9H12BrNOS/c1-2-9(12,6-3-4-6)7-8(10)11-5-13-7/h5-6,12H,2-4H2,1H3. The van der Waals surface area contributed by atoms with Gasteiger partial charge in [-0.05, 0) is 41.1 Å². The number of halogens is 1. The lowest BCUT2D eigenvalue weighted by Crippen LogP contribution is -2.26. The fourth-order valence-electron chi connectivity index (χ4n) is 1.71. The molecule has 1 heterocycles. The SMILES string of the molecule is CCC(O)(c1scnc1Br)C1CC1. The summed E-state index contributed by atoms with van der Waals surface area (Å²) in [6.45, 7) is 2.03. The third kappa shape index (κ3) is 1.55. The number of hydrogen-bond donors (Lipinski definition) is 1. The van der Waals surface area contributed by atoms with Crippen LogP contribution in [0.2, 0.25) is 0 Å². The van der Waals surface area contributed by atoms with E-state index in [2.05, 4.69) is 20.9 Å². The van der Waals surface area contributed by atoms with Crippen molar-refractivity contribution >= 4 is 27.3 Å². The predicted octanol–water partition coefficient (Wildman–Crippen LogP) is 2.91. The van der Waals surface area contributed by atoms with Crippen molar-refractivity contribution in [1.82, 2.24) is 4.98 Å². The number of aromatic nitrogens is 1. The summed E-state index contributed by atoms with van der Waals surface area (Å²) in [5, 5.41) is 10.4. The van der Waals surface area contributed by atoms with Gasteiger partial charge in [-0.15, -0.1) is 11.3 Å². The van der Waals surface area contributed by atoms with Crippen LogP contribution in [0.3, 0.4) is 0 Å². The Morgan fingerprint density at radius 2 is 2.46 bits per heavy atom. The van der Waals surface area contributed by atoms with E-state index < -0.39 is 5.60 Å². The van der Waals surface area contributed by atoms with Crippen LogP contribution in [0.15, 0.2) is 10.1 Å². The molecule has 13 heavy (non-hydrogen) atoms. The van der Waals surface area contributed by atoms with Gasteiger partial charge in [0, 0.05) is 0 Å². The van der Waals surface area contributed by atoms with Gasteiger partial charge in [0.2, 0.25) is 0 Å². The third-order valence-corrected chi connectivity index (χ3v) is 4.57. The first-order chi connectivity index (χ1) is 6.18. The third-order valence-electron chi connectivity index (χ3n) is 2.71. The molecule has 4 heteroatoms. The van der Waals surface area contributed by atoms with E-state index in [1.54, 1.807) is 16.8 Å². The van der Waals surface area contributed by atoms with Crippen LogP contribution in [-0.2, 0) is 5.60 Å². The van der Waals surface area contributed by atoms with Crippen LogP contribution in [0.5, 0.6) is 0 Å². The molecule has 0 saturated heterocycles. The van der Waals surface area contributed by atoms with Gasteiger partial charge in [0.1, 0.15) is 10.2 Å². The Balaban J connectivity index is 2.35. The van der Waals surface area contributed by atoms with Gasteiger partial charge in [0.15, 0.2) is 0 Å². The second-order valence-electron chi connectivity index (χ2n) is 3.52. The predicted molar refractivity (Wildman–Crippen MR) is 56.7 cm³/mol. The quantitative estimate of drug-likeness (QED) is 0.908. The number of nitrogens with zero attached hydrogens (tertiary/aromatic N) is 1. The zero-order valence-electron chi connectivity index (χ0n) is 7.46. The van der Waals surface area contributed by atoms with Crippen molar-refractivity contribution in [3.63, 3.8) is 0 Å². The van der Waals surface area contributed by atoms with Gasteiger partial charge in [-0.1, -0.05) is 6.92 Å². The summed E-state index contributed by atoms with van der Waals surface area (Å²) in [5.74, 6) is 0.453.